The molecule has 2 heterocycles. The van der Waals surface area contributed by atoms with Gasteiger partial charge in [0, 0.05) is 24.3 Å². The molecule has 17 heavy (non-hydrogen) atoms. The second-order valence-electron chi connectivity index (χ2n) is 5.91. The number of hydrogen-bond acceptors (Lipinski definition) is 3. The van der Waals surface area contributed by atoms with Crippen LogP contribution in [0.4, 0.5) is 0 Å². The summed E-state index contributed by atoms with van der Waals surface area (Å²) >= 11 is 0. The Balaban J connectivity index is 2.02. The SMILES string of the molecule is CC(C)(C)n1cc(CN2CCC[C@@H]2CO)cn1. The molecule has 1 saturated heterocycles. The molecule has 1 aromatic rings. The molecule has 1 aromatic heterocycles. The molecule has 0 radical (unpaired) electrons. The summed E-state index contributed by atoms with van der Waals surface area (Å²) in [5.74, 6) is 0. The summed E-state index contributed by atoms with van der Waals surface area (Å²) in [7, 11) is 0. The highest BCUT2D eigenvalue weighted by Gasteiger charge is 2.24. The molecule has 1 atom stereocenters. The van der Waals surface area contributed by atoms with Crippen LogP contribution in [0.1, 0.15) is 39.2 Å². The minimum atomic E-state index is 0.0413. The Morgan fingerprint density at radius 1 is 1.47 bits per heavy atom. The summed E-state index contributed by atoms with van der Waals surface area (Å²) in [5.41, 5.74) is 1.28. The smallest absolute Gasteiger partial charge is 0.0587 e. The van der Waals surface area contributed by atoms with E-state index in [9.17, 15) is 5.11 Å². The molecule has 0 amide bonds. The van der Waals surface area contributed by atoms with E-state index in [1.54, 1.807) is 0 Å². The number of rotatable bonds is 3. The van der Waals surface area contributed by atoms with Gasteiger partial charge in [-0.2, -0.15) is 5.10 Å². The summed E-state index contributed by atoms with van der Waals surface area (Å²) in [4.78, 5) is 2.35. The molecule has 2 rings (SSSR count). The molecule has 0 saturated carbocycles. The van der Waals surface area contributed by atoms with Crippen LogP contribution in [-0.2, 0) is 12.1 Å². The maximum Gasteiger partial charge on any atom is 0.0587 e. The highest BCUT2D eigenvalue weighted by molar-refractivity contribution is 5.06. The maximum atomic E-state index is 9.29. The first kappa shape index (κ1) is 12.6. The van der Waals surface area contributed by atoms with Crippen LogP contribution in [0.15, 0.2) is 12.4 Å². The van der Waals surface area contributed by atoms with Gasteiger partial charge in [-0.25, -0.2) is 0 Å². The first-order valence-corrected chi connectivity index (χ1v) is 6.39. The van der Waals surface area contributed by atoms with Gasteiger partial charge in [0.1, 0.15) is 0 Å². The summed E-state index contributed by atoms with van der Waals surface area (Å²) in [6.45, 7) is 8.71. The molecule has 0 spiro atoms. The molecule has 1 aliphatic rings. The van der Waals surface area contributed by atoms with Crippen molar-refractivity contribution in [3.8, 4) is 0 Å². The second-order valence-corrected chi connectivity index (χ2v) is 5.91. The molecule has 1 fully saturated rings. The van der Waals surface area contributed by atoms with Gasteiger partial charge in [-0.05, 0) is 40.2 Å². The molecule has 4 heteroatoms. The van der Waals surface area contributed by atoms with E-state index in [0.29, 0.717) is 6.04 Å². The van der Waals surface area contributed by atoms with Crippen molar-refractivity contribution in [2.24, 2.45) is 0 Å². The topological polar surface area (TPSA) is 41.3 Å². The number of aliphatic hydroxyl groups is 1. The van der Waals surface area contributed by atoms with Crippen LogP contribution in [0.3, 0.4) is 0 Å². The number of aromatic nitrogens is 2. The van der Waals surface area contributed by atoms with E-state index >= 15 is 0 Å². The van der Waals surface area contributed by atoms with Gasteiger partial charge >= 0.3 is 0 Å². The molecule has 0 aliphatic carbocycles. The largest absolute Gasteiger partial charge is 0.395 e. The van der Waals surface area contributed by atoms with Crippen molar-refractivity contribution in [2.75, 3.05) is 13.2 Å². The Morgan fingerprint density at radius 3 is 2.82 bits per heavy atom. The average Bonchev–Trinajstić information content (AvgIpc) is 2.86. The Morgan fingerprint density at radius 2 is 2.24 bits per heavy atom. The van der Waals surface area contributed by atoms with Crippen LogP contribution < -0.4 is 0 Å². The molecule has 1 N–H and O–H groups in total. The maximum absolute atomic E-state index is 9.29. The normalized spacial score (nSPS) is 22.2. The van der Waals surface area contributed by atoms with Crippen molar-refractivity contribution < 1.29 is 5.11 Å². The molecule has 0 aromatic carbocycles. The van der Waals surface area contributed by atoms with Crippen molar-refractivity contribution >= 4 is 0 Å². The van der Waals surface area contributed by atoms with Crippen LogP contribution in [0.25, 0.3) is 0 Å². The molecule has 0 unspecified atom stereocenters. The van der Waals surface area contributed by atoms with Crippen molar-refractivity contribution in [2.45, 2.75) is 51.7 Å². The summed E-state index contributed by atoms with van der Waals surface area (Å²) < 4.78 is 2.01. The van der Waals surface area contributed by atoms with Crippen LogP contribution in [0, 0.1) is 0 Å². The lowest BCUT2D eigenvalue weighted by molar-refractivity contribution is 0.153. The third-order valence-corrected chi connectivity index (χ3v) is 3.42. The van der Waals surface area contributed by atoms with Gasteiger partial charge in [0.25, 0.3) is 0 Å². The predicted octanol–water partition coefficient (Wildman–Crippen LogP) is 1.59. The van der Waals surface area contributed by atoms with E-state index in [1.165, 1.54) is 12.0 Å². The number of hydrogen-bond donors (Lipinski definition) is 1. The lowest BCUT2D eigenvalue weighted by Crippen LogP contribution is -2.31. The zero-order chi connectivity index (χ0) is 12.5. The predicted molar refractivity (Wildman–Crippen MR) is 67.7 cm³/mol. The average molecular weight is 237 g/mol. The third-order valence-electron chi connectivity index (χ3n) is 3.42. The standard InChI is InChI=1S/C13H23N3O/c1-13(2,3)16-9-11(7-14-16)8-15-6-4-5-12(15)10-17/h7,9,12,17H,4-6,8,10H2,1-3H3/t12-/m1/s1. The van der Waals surface area contributed by atoms with Crippen LogP contribution in [0.5, 0.6) is 0 Å². The first-order valence-electron chi connectivity index (χ1n) is 6.39. The fourth-order valence-corrected chi connectivity index (χ4v) is 2.35. The lowest BCUT2D eigenvalue weighted by Gasteiger charge is -2.22. The third kappa shape index (κ3) is 2.87. The zero-order valence-electron chi connectivity index (χ0n) is 11.1. The summed E-state index contributed by atoms with van der Waals surface area (Å²) in [6, 6.07) is 0.341. The summed E-state index contributed by atoms with van der Waals surface area (Å²) in [5, 5.41) is 13.7. The zero-order valence-corrected chi connectivity index (χ0v) is 11.1. The van der Waals surface area contributed by atoms with Crippen LogP contribution in [0.2, 0.25) is 0 Å². The van der Waals surface area contributed by atoms with Gasteiger partial charge in [-0.1, -0.05) is 0 Å². The number of likely N-dealkylation sites (tertiary alicyclic amines) is 1. The van der Waals surface area contributed by atoms with Gasteiger partial charge in [0.05, 0.1) is 18.3 Å². The summed E-state index contributed by atoms with van der Waals surface area (Å²) in [6.07, 6.45) is 6.37. The van der Waals surface area contributed by atoms with Crippen molar-refractivity contribution in [1.29, 1.82) is 0 Å². The number of nitrogens with zero attached hydrogens (tertiary/aromatic N) is 3. The molecule has 1 aliphatic heterocycles. The molecular formula is C13H23N3O. The van der Waals surface area contributed by atoms with Crippen molar-refractivity contribution in [1.82, 2.24) is 14.7 Å². The van der Waals surface area contributed by atoms with E-state index in [1.807, 2.05) is 10.9 Å². The fraction of sp³-hybridized carbons (Fsp3) is 0.769. The highest BCUT2D eigenvalue weighted by atomic mass is 16.3. The van der Waals surface area contributed by atoms with E-state index in [2.05, 4.69) is 37.0 Å². The highest BCUT2D eigenvalue weighted by Crippen LogP contribution is 2.20. The van der Waals surface area contributed by atoms with E-state index < -0.39 is 0 Å². The van der Waals surface area contributed by atoms with E-state index in [-0.39, 0.29) is 12.1 Å². The van der Waals surface area contributed by atoms with Gasteiger partial charge < -0.3 is 5.11 Å². The van der Waals surface area contributed by atoms with E-state index in [0.717, 1.165) is 19.5 Å². The molecule has 4 nitrogen and oxygen atoms in total. The molecular weight excluding hydrogens is 214 g/mol. The number of aliphatic hydroxyl groups excluding tert-OH is 1. The van der Waals surface area contributed by atoms with Crippen LogP contribution >= 0.6 is 0 Å². The molecule has 0 bridgehead atoms. The minimum Gasteiger partial charge on any atom is -0.395 e. The van der Waals surface area contributed by atoms with Crippen molar-refractivity contribution in [3.05, 3.63) is 18.0 Å². The van der Waals surface area contributed by atoms with Gasteiger partial charge in [0.15, 0.2) is 0 Å². The first-order chi connectivity index (χ1) is 8.00. The Labute approximate surface area is 103 Å². The van der Waals surface area contributed by atoms with Gasteiger partial charge in [-0.3, -0.25) is 9.58 Å². The Bertz CT molecular complexity index is 367. The minimum absolute atomic E-state index is 0.0413. The van der Waals surface area contributed by atoms with E-state index in [4.69, 9.17) is 0 Å². The molecule has 96 valence electrons. The van der Waals surface area contributed by atoms with Gasteiger partial charge in [0.2, 0.25) is 0 Å². The Kier molecular flexibility index (Phi) is 3.54. The van der Waals surface area contributed by atoms with Crippen molar-refractivity contribution in [3.63, 3.8) is 0 Å². The Hall–Kier alpha value is -0.870. The monoisotopic (exact) mass is 237 g/mol. The van der Waals surface area contributed by atoms with Gasteiger partial charge in [-0.15, -0.1) is 0 Å². The fourth-order valence-electron chi connectivity index (χ4n) is 2.35. The second kappa shape index (κ2) is 4.78. The quantitative estimate of drug-likeness (QED) is 0.868. The lowest BCUT2D eigenvalue weighted by atomic mass is 10.1. The van der Waals surface area contributed by atoms with Crippen LogP contribution in [-0.4, -0.2) is 39.0 Å².